The third kappa shape index (κ3) is 3.54. The lowest BCUT2D eigenvalue weighted by Gasteiger charge is -2.06. The zero-order chi connectivity index (χ0) is 16.2. The minimum atomic E-state index is 0.236. The van der Waals surface area contributed by atoms with Crippen molar-refractivity contribution in [2.45, 2.75) is 6.42 Å². The molecule has 0 saturated carbocycles. The van der Waals surface area contributed by atoms with Gasteiger partial charge in [-0.3, -0.25) is 5.10 Å². The Hall–Kier alpha value is -2.73. The van der Waals surface area contributed by atoms with Gasteiger partial charge in [0.05, 0.1) is 12.1 Å². The van der Waals surface area contributed by atoms with Crippen molar-refractivity contribution in [1.29, 1.82) is 0 Å². The van der Waals surface area contributed by atoms with Gasteiger partial charge in [0.1, 0.15) is 17.3 Å². The summed E-state index contributed by atoms with van der Waals surface area (Å²) in [6.45, 7) is 0. The van der Waals surface area contributed by atoms with Crippen LogP contribution in [0.2, 0.25) is 5.02 Å². The smallest absolute Gasteiger partial charge is 0.246 e. The van der Waals surface area contributed by atoms with E-state index in [1.807, 2.05) is 18.2 Å². The number of ether oxygens (including phenoxy) is 1. The van der Waals surface area contributed by atoms with Crippen LogP contribution in [-0.2, 0) is 6.42 Å². The van der Waals surface area contributed by atoms with Gasteiger partial charge in [-0.05, 0) is 24.3 Å². The van der Waals surface area contributed by atoms with Crippen molar-refractivity contribution >= 4 is 23.2 Å². The van der Waals surface area contributed by atoms with Gasteiger partial charge in [0.2, 0.25) is 5.95 Å². The number of halogens is 1. The second kappa shape index (κ2) is 6.58. The van der Waals surface area contributed by atoms with E-state index in [9.17, 15) is 5.11 Å². The Balaban J connectivity index is 1.72. The minimum Gasteiger partial charge on any atom is -0.508 e. The normalized spacial score (nSPS) is 10.5. The lowest BCUT2D eigenvalue weighted by Crippen LogP contribution is -1.94. The van der Waals surface area contributed by atoms with Crippen molar-refractivity contribution in [1.82, 2.24) is 15.2 Å². The van der Waals surface area contributed by atoms with Crippen molar-refractivity contribution in [3.05, 3.63) is 58.9 Å². The zero-order valence-electron chi connectivity index (χ0n) is 12.4. The molecule has 0 aliphatic rings. The van der Waals surface area contributed by atoms with Crippen LogP contribution in [0.5, 0.6) is 11.5 Å². The first-order chi connectivity index (χ1) is 11.2. The molecule has 0 atom stereocenters. The van der Waals surface area contributed by atoms with Crippen LogP contribution in [-0.4, -0.2) is 27.4 Å². The second-order valence-corrected chi connectivity index (χ2v) is 5.29. The molecule has 3 N–H and O–H groups in total. The highest BCUT2D eigenvalue weighted by Gasteiger charge is 2.08. The van der Waals surface area contributed by atoms with Gasteiger partial charge < -0.3 is 15.2 Å². The maximum atomic E-state index is 9.79. The van der Waals surface area contributed by atoms with E-state index in [1.165, 1.54) is 0 Å². The third-order valence-electron chi connectivity index (χ3n) is 3.29. The largest absolute Gasteiger partial charge is 0.508 e. The molecule has 0 aliphatic carbocycles. The van der Waals surface area contributed by atoms with Crippen LogP contribution in [0, 0.1) is 0 Å². The summed E-state index contributed by atoms with van der Waals surface area (Å²) in [6, 6.07) is 12.4. The predicted molar refractivity (Wildman–Crippen MR) is 88.6 cm³/mol. The van der Waals surface area contributed by atoms with Gasteiger partial charge in [-0.2, -0.15) is 4.98 Å². The second-order valence-electron chi connectivity index (χ2n) is 4.89. The van der Waals surface area contributed by atoms with Gasteiger partial charge in [-0.15, -0.1) is 5.10 Å². The molecule has 2 aromatic carbocycles. The monoisotopic (exact) mass is 330 g/mol. The molecule has 0 bridgehead atoms. The number of hydrogen-bond donors (Lipinski definition) is 3. The molecule has 1 aromatic heterocycles. The van der Waals surface area contributed by atoms with Gasteiger partial charge >= 0.3 is 0 Å². The van der Waals surface area contributed by atoms with E-state index in [0.717, 1.165) is 11.3 Å². The van der Waals surface area contributed by atoms with Gasteiger partial charge in [0, 0.05) is 17.7 Å². The number of H-pyrrole nitrogens is 1. The molecular weight excluding hydrogens is 316 g/mol. The molecule has 7 heteroatoms. The van der Waals surface area contributed by atoms with Crippen molar-refractivity contribution in [3.63, 3.8) is 0 Å². The number of aromatic amines is 1. The van der Waals surface area contributed by atoms with E-state index >= 15 is 0 Å². The Kier molecular flexibility index (Phi) is 4.34. The zero-order valence-corrected chi connectivity index (χ0v) is 13.1. The molecule has 6 nitrogen and oxygen atoms in total. The topological polar surface area (TPSA) is 83.1 Å². The number of aromatic nitrogens is 3. The van der Waals surface area contributed by atoms with E-state index in [4.69, 9.17) is 16.3 Å². The highest BCUT2D eigenvalue weighted by atomic mass is 35.5. The van der Waals surface area contributed by atoms with Crippen LogP contribution in [0.1, 0.15) is 11.4 Å². The van der Waals surface area contributed by atoms with Gasteiger partial charge in [-0.25, -0.2) is 0 Å². The van der Waals surface area contributed by atoms with Gasteiger partial charge in [0.15, 0.2) is 0 Å². The molecule has 3 aromatic rings. The molecular formula is C16H15ClN4O2. The summed E-state index contributed by atoms with van der Waals surface area (Å²) in [5, 5.41) is 20.3. The van der Waals surface area contributed by atoms with Crippen LogP contribution in [0.3, 0.4) is 0 Å². The Morgan fingerprint density at radius 1 is 1.26 bits per heavy atom. The van der Waals surface area contributed by atoms with E-state index in [2.05, 4.69) is 20.5 Å². The number of benzene rings is 2. The average Bonchev–Trinajstić information content (AvgIpc) is 2.97. The standard InChI is InChI=1S/C16H15ClN4O2/c1-23-14-7-6-11(9-12(14)17)18-16-19-15(20-21-16)8-10-4-2-3-5-13(10)22/h2-7,9,22H,8H2,1H3,(H2,18,19,20,21). The molecule has 0 amide bonds. The maximum absolute atomic E-state index is 9.79. The fourth-order valence-electron chi connectivity index (χ4n) is 2.14. The number of hydrogen-bond acceptors (Lipinski definition) is 5. The quantitative estimate of drug-likeness (QED) is 0.667. The number of para-hydroxylation sites is 1. The number of rotatable bonds is 5. The lowest BCUT2D eigenvalue weighted by molar-refractivity contribution is 0.415. The number of phenols is 1. The summed E-state index contributed by atoms with van der Waals surface area (Å²) in [7, 11) is 1.56. The number of phenolic OH excluding ortho intramolecular Hbond substituents is 1. The fourth-order valence-corrected chi connectivity index (χ4v) is 2.40. The summed E-state index contributed by atoms with van der Waals surface area (Å²) >= 11 is 6.08. The SMILES string of the molecule is COc1ccc(Nc2n[nH]c(Cc3ccccc3O)n2)cc1Cl. The van der Waals surface area contributed by atoms with Crippen LogP contribution in [0.15, 0.2) is 42.5 Å². The van der Waals surface area contributed by atoms with Gasteiger partial charge in [0.25, 0.3) is 0 Å². The lowest BCUT2D eigenvalue weighted by atomic mass is 10.1. The number of aromatic hydroxyl groups is 1. The summed E-state index contributed by atoms with van der Waals surface area (Å²) < 4.78 is 5.11. The molecule has 3 rings (SSSR count). The molecule has 0 radical (unpaired) electrons. The Morgan fingerprint density at radius 2 is 2.09 bits per heavy atom. The van der Waals surface area contributed by atoms with Crippen LogP contribution >= 0.6 is 11.6 Å². The Bertz CT molecular complexity index is 819. The van der Waals surface area contributed by atoms with E-state index in [1.54, 1.807) is 31.4 Å². The first kappa shape index (κ1) is 15.2. The van der Waals surface area contributed by atoms with E-state index in [-0.39, 0.29) is 5.75 Å². The minimum absolute atomic E-state index is 0.236. The third-order valence-corrected chi connectivity index (χ3v) is 3.58. The first-order valence-electron chi connectivity index (χ1n) is 6.94. The van der Waals surface area contributed by atoms with Gasteiger partial charge in [-0.1, -0.05) is 29.8 Å². The predicted octanol–water partition coefficient (Wildman–Crippen LogP) is 3.51. The highest BCUT2D eigenvalue weighted by Crippen LogP contribution is 2.28. The first-order valence-corrected chi connectivity index (χ1v) is 7.32. The molecule has 0 aliphatic heterocycles. The van der Waals surface area contributed by atoms with Crippen molar-refractivity contribution in [2.75, 3.05) is 12.4 Å². The fraction of sp³-hybridized carbons (Fsp3) is 0.125. The van der Waals surface area contributed by atoms with Crippen molar-refractivity contribution in [2.24, 2.45) is 0 Å². The number of nitrogens with zero attached hydrogens (tertiary/aromatic N) is 2. The summed E-state index contributed by atoms with van der Waals surface area (Å²) in [5.74, 6) is 1.91. The summed E-state index contributed by atoms with van der Waals surface area (Å²) in [5.41, 5.74) is 1.53. The van der Waals surface area contributed by atoms with E-state index < -0.39 is 0 Å². The number of methoxy groups -OCH3 is 1. The van der Waals surface area contributed by atoms with Crippen LogP contribution < -0.4 is 10.1 Å². The number of nitrogens with one attached hydrogen (secondary N) is 2. The van der Waals surface area contributed by atoms with E-state index in [0.29, 0.717) is 29.0 Å². The Labute approximate surface area is 138 Å². The molecule has 118 valence electrons. The highest BCUT2D eigenvalue weighted by molar-refractivity contribution is 6.32. The van der Waals surface area contributed by atoms with Crippen LogP contribution in [0.4, 0.5) is 11.6 Å². The van der Waals surface area contributed by atoms with Crippen molar-refractivity contribution < 1.29 is 9.84 Å². The molecule has 1 heterocycles. The maximum Gasteiger partial charge on any atom is 0.246 e. The molecule has 0 unspecified atom stereocenters. The Morgan fingerprint density at radius 3 is 2.83 bits per heavy atom. The molecule has 0 saturated heterocycles. The summed E-state index contributed by atoms with van der Waals surface area (Å²) in [6.07, 6.45) is 0.463. The molecule has 0 spiro atoms. The molecule has 0 fully saturated rings. The van der Waals surface area contributed by atoms with Crippen LogP contribution in [0.25, 0.3) is 0 Å². The summed E-state index contributed by atoms with van der Waals surface area (Å²) in [4.78, 5) is 4.35. The average molecular weight is 331 g/mol. The molecule has 23 heavy (non-hydrogen) atoms. The number of anilines is 2. The van der Waals surface area contributed by atoms with Crippen molar-refractivity contribution in [3.8, 4) is 11.5 Å².